The van der Waals surface area contributed by atoms with Gasteiger partial charge in [0.05, 0.1) is 12.7 Å². The predicted molar refractivity (Wildman–Crippen MR) is 151 cm³/mol. The maximum absolute atomic E-state index is 14.1. The first-order valence-corrected chi connectivity index (χ1v) is 15.3. The first-order valence-electron chi connectivity index (χ1n) is 15.3. The zero-order valence-electron chi connectivity index (χ0n) is 24.4. The van der Waals surface area contributed by atoms with Crippen molar-refractivity contribution < 1.29 is 24.2 Å². The van der Waals surface area contributed by atoms with Gasteiger partial charge in [0, 0.05) is 12.3 Å². The molecule has 0 unspecified atom stereocenters. The molecule has 0 amide bonds. The number of aliphatic hydroxyl groups excluding tert-OH is 1. The second kappa shape index (κ2) is 11.5. The van der Waals surface area contributed by atoms with Gasteiger partial charge in [-0.2, -0.15) is 0 Å². The third kappa shape index (κ3) is 5.26. The van der Waals surface area contributed by atoms with Crippen molar-refractivity contribution in [3.05, 3.63) is 47.5 Å². The topological polar surface area (TPSA) is 72.8 Å². The Bertz CT molecular complexity index is 1060. The van der Waals surface area contributed by atoms with Crippen molar-refractivity contribution in [2.45, 2.75) is 98.2 Å². The van der Waals surface area contributed by atoms with E-state index in [9.17, 15) is 14.7 Å². The number of ketones is 1. The van der Waals surface area contributed by atoms with Crippen molar-refractivity contribution in [3.8, 4) is 0 Å². The van der Waals surface area contributed by atoms with Crippen LogP contribution in [0.15, 0.2) is 42.0 Å². The number of benzene rings is 1. The Morgan fingerprint density at radius 1 is 1.08 bits per heavy atom. The number of esters is 1. The fourth-order valence-electron chi connectivity index (χ4n) is 9.63. The van der Waals surface area contributed by atoms with Crippen LogP contribution in [0.4, 0.5) is 0 Å². The third-order valence-electron chi connectivity index (χ3n) is 11.7. The van der Waals surface area contributed by atoms with Gasteiger partial charge in [0.1, 0.15) is 0 Å². The predicted octanol–water partition coefficient (Wildman–Crippen LogP) is 6.88. The van der Waals surface area contributed by atoms with Crippen LogP contribution in [0.2, 0.25) is 0 Å². The van der Waals surface area contributed by atoms with E-state index in [-0.39, 0.29) is 41.5 Å². The van der Waals surface area contributed by atoms with E-state index >= 15 is 0 Å². The highest BCUT2D eigenvalue weighted by Gasteiger charge is 2.64. The average molecular weight is 537 g/mol. The minimum absolute atomic E-state index is 0.0133. The number of hydrogen-bond donors (Lipinski definition) is 1. The number of carbonyl (C=O) groups excluding carboxylic acids is 2. The number of allylic oxidation sites excluding steroid dienone is 2. The van der Waals surface area contributed by atoms with Gasteiger partial charge in [0.15, 0.2) is 12.6 Å². The van der Waals surface area contributed by atoms with Crippen LogP contribution >= 0.6 is 0 Å². The Hall–Kier alpha value is -1.98. The zero-order valence-corrected chi connectivity index (χ0v) is 24.4. The molecule has 4 saturated carbocycles. The van der Waals surface area contributed by atoms with Gasteiger partial charge in [0.2, 0.25) is 0 Å². The van der Waals surface area contributed by atoms with Crippen LogP contribution in [0.3, 0.4) is 0 Å². The van der Waals surface area contributed by atoms with Crippen LogP contribution in [0, 0.1) is 46.3 Å². The number of fused-ring (bicyclic) bond motifs is 5. The molecule has 0 saturated heterocycles. The highest BCUT2D eigenvalue weighted by atomic mass is 16.7. The molecule has 4 aliphatic carbocycles. The molecule has 4 fully saturated rings. The van der Waals surface area contributed by atoms with E-state index in [1.165, 1.54) is 0 Å². The molecule has 5 nitrogen and oxygen atoms in total. The lowest BCUT2D eigenvalue weighted by atomic mass is 9.43. The monoisotopic (exact) mass is 536 g/mol. The summed E-state index contributed by atoms with van der Waals surface area (Å²) in [5, 5.41) is 10.5. The quantitative estimate of drug-likeness (QED) is 0.170. The summed E-state index contributed by atoms with van der Waals surface area (Å²) >= 11 is 0. The van der Waals surface area contributed by atoms with Gasteiger partial charge < -0.3 is 14.6 Å². The number of ether oxygens (including phenoxy) is 2. The maximum Gasteiger partial charge on any atom is 0.307 e. The molecule has 39 heavy (non-hydrogen) atoms. The summed E-state index contributed by atoms with van der Waals surface area (Å²) in [6.07, 6.45) is 10.1. The summed E-state index contributed by atoms with van der Waals surface area (Å²) in [6, 6.07) is 9.88. The van der Waals surface area contributed by atoms with Gasteiger partial charge in [-0.1, -0.05) is 57.2 Å². The molecule has 4 aliphatic rings. The van der Waals surface area contributed by atoms with E-state index in [1.807, 2.05) is 37.3 Å². The second-order valence-corrected chi connectivity index (χ2v) is 13.5. The molecule has 5 rings (SSSR count). The summed E-state index contributed by atoms with van der Waals surface area (Å²) < 4.78 is 10.9. The van der Waals surface area contributed by atoms with Crippen molar-refractivity contribution in [2.24, 2.45) is 46.3 Å². The Morgan fingerprint density at radius 3 is 2.54 bits per heavy atom. The molecular formula is C34H48O5. The highest BCUT2D eigenvalue weighted by molar-refractivity contribution is 5.99. The van der Waals surface area contributed by atoms with Crippen molar-refractivity contribution in [3.63, 3.8) is 0 Å². The Labute approximate surface area is 234 Å². The molecule has 0 aliphatic heterocycles. The number of aliphatic hydroxyl groups is 1. The molecule has 1 aromatic rings. The summed E-state index contributed by atoms with van der Waals surface area (Å²) in [4.78, 5) is 26.5. The van der Waals surface area contributed by atoms with E-state index < -0.39 is 0 Å². The van der Waals surface area contributed by atoms with Crippen LogP contribution < -0.4 is 0 Å². The molecule has 0 heterocycles. The Balaban J connectivity index is 1.19. The van der Waals surface area contributed by atoms with E-state index in [2.05, 4.69) is 26.8 Å². The minimum Gasteiger partial charge on any atom is -0.438 e. The van der Waals surface area contributed by atoms with Gasteiger partial charge in [0.25, 0.3) is 0 Å². The maximum atomic E-state index is 14.1. The fraction of sp³-hybridized carbons (Fsp3) is 0.706. The molecule has 0 aromatic heterocycles. The summed E-state index contributed by atoms with van der Waals surface area (Å²) in [7, 11) is 0. The number of carbonyl (C=O) groups is 2. The second-order valence-electron chi connectivity index (χ2n) is 13.5. The number of hydrogen-bond acceptors (Lipinski definition) is 5. The van der Waals surface area contributed by atoms with Gasteiger partial charge in [-0.25, -0.2) is 0 Å². The normalized spacial score (nSPS) is 39.5. The van der Waals surface area contributed by atoms with Crippen LogP contribution in [-0.4, -0.2) is 29.8 Å². The van der Waals surface area contributed by atoms with Gasteiger partial charge in [-0.3, -0.25) is 9.59 Å². The largest absolute Gasteiger partial charge is 0.438 e. The summed E-state index contributed by atoms with van der Waals surface area (Å²) in [6.45, 7) is 9.60. The van der Waals surface area contributed by atoms with E-state index in [0.717, 1.165) is 62.5 Å². The van der Waals surface area contributed by atoms with Crippen molar-refractivity contribution in [1.82, 2.24) is 0 Å². The molecule has 5 heteroatoms. The molecule has 9 atom stereocenters. The highest BCUT2D eigenvalue weighted by Crippen LogP contribution is 2.68. The Kier molecular flexibility index (Phi) is 8.41. The van der Waals surface area contributed by atoms with Crippen molar-refractivity contribution in [2.75, 3.05) is 6.79 Å². The van der Waals surface area contributed by atoms with Crippen LogP contribution in [0.25, 0.3) is 0 Å². The molecule has 0 spiro atoms. The first-order chi connectivity index (χ1) is 18.7. The van der Waals surface area contributed by atoms with Crippen LogP contribution in [-0.2, 0) is 25.7 Å². The SMILES string of the molecule is CC=C1C(=O)[C@@H]2[C@H](CC[C@]3(C)[C@@H]([C@H](C)CCC(=O)OCOCc4ccccc4)CC[C@@H]23)[C@@]2(C)CC[C@@H](O)C[C@@H]12. The van der Waals surface area contributed by atoms with Gasteiger partial charge in [-0.15, -0.1) is 0 Å². The van der Waals surface area contributed by atoms with Crippen molar-refractivity contribution in [1.29, 1.82) is 0 Å². The first kappa shape index (κ1) is 28.5. The molecular weight excluding hydrogens is 488 g/mol. The summed E-state index contributed by atoms with van der Waals surface area (Å²) in [5.74, 6) is 2.24. The lowest BCUT2D eigenvalue weighted by Crippen LogP contribution is -2.58. The van der Waals surface area contributed by atoms with Crippen LogP contribution in [0.1, 0.15) is 91.0 Å². The Morgan fingerprint density at radius 2 is 1.79 bits per heavy atom. The number of Topliss-reactive ketones (excluding diaryl/α,β-unsaturated/α-hetero) is 1. The third-order valence-corrected chi connectivity index (χ3v) is 11.7. The molecule has 1 aromatic carbocycles. The minimum atomic E-state index is -0.282. The fourth-order valence-corrected chi connectivity index (χ4v) is 9.63. The lowest BCUT2D eigenvalue weighted by Gasteiger charge is -2.61. The van der Waals surface area contributed by atoms with E-state index in [4.69, 9.17) is 9.47 Å². The van der Waals surface area contributed by atoms with E-state index in [1.54, 1.807) is 0 Å². The molecule has 0 bridgehead atoms. The molecule has 0 radical (unpaired) electrons. The molecule has 1 N–H and O–H groups in total. The number of rotatable bonds is 8. The average Bonchev–Trinajstić information content (AvgIpc) is 3.29. The standard InChI is InChI=1S/C34H48O5/c1-5-25-29-19-24(35)15-17-34(29,4)28-16-18-33(3)26(12-13-27(33)31(28)32(25)37)22(2)11-14-30(36)39-21-38-20-23-9-7-6-8-10-23/h5-10,22,24,26-29,31,35H,11-21H2,1-4H3/t22-,24-,26-,27+,28+,29+,31+,33-,34-/m1/s1. The lowest BCUT2D eigenvalue weighted by molar-refractivity contribution is -0.157. The van der Waals surface area contributed by atoms with Crippen molar-refractivity contribution >= 4 is 11.8 Å². The van der Waals surface area contributed by atoms with Crippen LogP contribution in [0.5, 0.6) is 0 Å². The smallest absolute Gasteiger partial charge is 0.307 e. The van der Waals surface area contributed by atoms with E-state index in [0.29, 0.717) is 42.5 Å². The summed E-state index contributed by atoms with van der Waals surface area (Å²) in [5.41, 5.74) is 2.30. The zero-order chi connectivity index (χ0) is 27.8. The van der Waals surface area contributed by atoms with Gasteiger partial charge in [-0.05, 0) is 110 Å². The molecule has 214 valence electrons. The van der Waals surface area contributed by atoms with Gasteiger partial charge >= 0.3 is 5.97 Å².